The lowest BCUT2D eigenvalue weighted by molar-refractivity contribution is -0.139. The van der Waals surface area contributed by atoms with E-state index in [9.17, 15) is 19.1 Å². The quantitative estimate of drug-likeness (QED) is 0.106. The number of rotatable bonds is 10. The highest BCUT2D eigenvalue weighted by atomic mass is 19.1. The minimum atomic E-state index is -0.786. The number of hydrogen-bond acceptors (Lipinski definition) is 4. The van der Waals surface area contributed by atoms with Crippen molar-refractivity contribution in [1.82, 2.24) is 9.88 Å². The zero-order chi connectivity index (χ0) is 27.4. The number of hydrogen-bond donors (Lipinski definition) is 2. The molecule has 6 nitrogen and oxygen atoms in total. The highest BCUT2D eigenvalue weighted by Crippen LogP contribution is 2.42. The number of ether oxygens (including phenoxy) is 1. The number of aromatic nitrogens is 1. The van der Waals surface area contributed by atoms with Crippen molar-refractivity contribution in [3.63, 3.8) is 0 Å². The number of unbranched alkanes of at least 4 members (excludes halogenated alkanes) is 2. The average molecular weight is 527 g/mol. The van der Waals surface area contributed by atoms with Gasteiger partial charge in [-0.3, -0.25) is 9.59 Å². The Bertz CT molecular complexity index is 1510. The first kappa shape index (κ1) is 26.2. The minimum absolute atomic E-state index is 0.0421. The second-order valence-corrected chi connectivity index (χ2v) is 9.74. The molecule has 7 heteroatoms. The summed E-state index contributed by atoms with van der Waals surface area (Å²) in [6.45, 7) is 2.97. The number of likely N-dealkylation sites (tertiary alicyclic amines) is 1. The second kappa shape index (κ2) is 11.6. The van der Waals surface area contributed by atoms with E-state index in [1.807, 2.05) is 24.3 Å². The van der Waals surface area contributed by atoms with E-state index >= 15 is 0 Å². The number of amides is 1. The van der Waals surface area contributed by atoms with Crippen molar-refractivity contribution in [3.8, 4) is 5.75 Å². The van der Waals surface area contributed by atoms with Crippen LogP contribution in [0.3, 0.4) is 0 Å². The molecule has 1 saturated heterocycles. The zero-order valence-corrected chi connectivity index (χ0v) is 21.8. The van der Waals surface area contributed by atoms with E-state index in [0.717, 1.165) is 41.3 Å². The molecule has 200 valence electrons. The first-order chi connectivity index (χ1) is 19.0. The summed E-state index contributed by atoms with van der Waals surface area (Å²) in [6.07, 6.45) is 5.37. The van der Waals surface area contributed by atoms with Crippen LogP contribution in [0.5, 0.6) is 5.75 Å². The number of benzene rings is 3. The minimum Gasteiger partial charge on any atom is -0.507 e. The molecule has 0 bridgehead atoms. The third kappa shape index (κ3) is 5.43. The molecule has 1 fully saturated rings. The molecule has 39 heavy (non-hydrogen) atoms. The van der Waals surface area contributed by atoms with E-state index in [0.29, 0.717) is 24.3 Å². The molecular weight excluding hydrogens is 495 g/mol. The van der Waals surface area contributed by atoms with Crippen molar-refractivity contribution in [3.05, 3.63) is 107 Å². The molecule has 0 aliphatic carbocycles. The first-order valence-electron chi connectivity index (χ1n) is 13.3. The predicted octanol–water partition coefficient (Wildman–Crippen LogP) is 6.54. The molecule has 1 unspecified atom stereocenters. The molecule has 0 radical (unpaired) electrons. The van der Waals surface area contributed by atoms with Gasteiger partial charge < -0.3 is 19.7 Å². The van der Waals surface area contributed by atoms with Gasteiger partial charge in [0.1, 0.15) is 17.3 Å². The van der Waals surface area contributed by atoms with Crippen LogP contribution >= 0.6 is 0 Å². The second-order valence-electron chi connectivity index (χ2n) is 9.74. The number of aliphatic hydroxyl groups excluding tert-OH is 1. The number of carbonyl (C=O) groups excluding carboxylic acids is 2. The fourth-order valence-corrected chi connectivity index (χ4v) is 5.06. The smallest absolute Gasteiger partial charge is 0.295 e. The molecular formula is C32H31FN2O4. The van der Waals surface area contributed by atoms with Crippen molar-refractivity contribution >= 4 is 28.4 Å². The molecule has 1 aliphatic rings. The molecule has 0 spiro atoms. The summed E-state index contributed by atoms with van der Waals surface area (Å²) in [5, 5.41) is 12.3. The van der Waals surface area contributed by atoms with Gasteiger partial charge in [0.05, 0.1) is 18.2 Å². The van der Waals surface area contributed by atoms with Gasteiger partial charge in [-0.25, -0.2) is 4.39 Å². The van der Waals surface area contributed by atoms with Gasteiger partial charge in [0.15, 0.2) is 0 Å². The summed E-state index contributed by atoms with van der Waals surface area (Å²) in [5.74, 6) is -1.30. The lowest BCUT2D eigenvalue weighted by atomic mass is 9.94. The van der Waals surface area contributed by atoms with Gasteiger partial charge in [0.2, 0.25) is 0 Å². The number of para-hydroxylation sites is 1. The van der Waals surface area contributed by atoms with Gasteiger partial charge in [0.25, 0.3) is 11.7 Å². The summed E-state index contributed by atoms with van der Waals surface area (Å²) in [4.78, 5) is 31.5. The lowest BCUT2D eigenvalue weighted by Crippen LogP contribution is -2.31. The maximum absolute atomic E-state index is 13.4. The van der Waals surface area contributed by atoms with Gasteiger partial charge in [-0.1, -0.05) is 50.1 Å². The third-order valence-corrected chi connectivity index (χ3v) is 7.15. The van der Waals surface area contributed by atoms with Crippen LogP contribution in [0.2, 0.25) is 0 Å². The number of nitrogens with zero attached hydrogens (tertiary/aromatic N) is 1. The average Bonchev–Trinajstić information content (AvgIpc) is 3.49. The summed E-state index contributed by atoms with van der Waals surface area (Å²) in [5.41, 5.74) is 2.89. The van der Waals surface area contributed by atoms with E-state index < -0.39 is 17.7 Å². The van der Waals surface area contributed by atoms with Crippen LogP contribution in [0, 0.1) is 5.82 Å². The van der Waals surface area contributed by atoms with Crippen LogP contribution < -0.4 is 4.74 Å². The Morgan fingerprint density at radius 3 is 2.49 bits per heavy atom. The predicted molar refractivity (Wildman–Crippen MR) is 149 cm³/mol. The Hall–Kier alpha value is -4.39. The monoisotopic (exact) mass is 526 g/mol. The number of H-pyrrole nitrogens is 1. The standard InChI is InChI=1S/C32H31FN2O4/c1-2-3-6-19-39-24-15-11-22(12-16-24)30(36)28-29(26-20-34-27-8-5-4-7-25(26)27)35(32(38)31(28)37)18-17-21-9-13-23(33)14-10-21/h4-5,7-16,20,29,34,36H,2-3,6,17-19H2,1H3/b30-28+. The van der Waals surface area contributed by atoms with Gasteiger partial charge in [-0.05, 0) is 60.9 Å². The number of aromatic amines is 1. The Morgan fingerprint density at radius 2 is 1.74 bits per heavy atom. The SMILES string of the molecule is CCCCCOc1ccc(/C(O)=C2\C(=O)C(=O)N(CCc3ccc(F)cc3)C2c2c[nH]c3ccccc23)cc1. The molecule has 1 aliphatic heterocycles. The van der Waals surface area contributed by atoms with Gasteiger partial charge in [0, 0.05) is 34.8 Å². The normalized spacial score (nSPS) is 16.8. The Balaban J connectivity index is 1.51. The van der Waals surface area contributed by atoms with E-state index in [-0.39, 0.29) is 23.7 Å². The number of aliphatic hydroxyl groups is 1. The van der Waals surface area contributed by atoms with Crippen molar-refractivity contribution < 1.29 is 23.8 Å². The molecule has 2 N–H and O–H groups in total. The fourth-order valence-electron chi connectivity index (χ4n) is 5.06. The fraction of sp³-hybridized carbons (Fsp3) is 0.250. The summed E-state index contributed by atoms with van der Waals surface area (Å²) in [6, 6.07) is 19.8. The Labute approximate surface area is 226 Å². The topological polar surface area (TPSA) is 82.6 Å². The van der Waals surface area contributed by atoms with Gasteiger partial charge >= 0.3 is 0 Å². The van der Waals surface area contributed by atoms with Crippen LogP contribution in [-0.4, -0.2) is 39.8 Å². The van der Waals surface area contributed by atoms with Crippen LogP contribution in [0.25, 0.3) is 16.7 Å². The molecule has 4 aromatic rings. The van der Waals surface area contributed by atoms with Gasteiger partial charge in [-0.15, -0.1) is 0 Å². The number of fused-ring (bicyclic) bond motifs is 1. The van der Waals surface area contributed by atoms with Crippen molar-refractivity contribution in [2.75, 3.05) is 13.2 Å². The summed E-state index contributed by atoms with van der Waals surface area (Å²) >= 11 is 0. The number of ketones is 1. The highest BCUT2D eigenvalue weighted by molar-refractivity contribution is 6.46. The Morgan fingerprint density at radius 1 is 1.00 bits per heavy atom. The molecule has 3 aromatic carbocycles. The molecule has 2 heterocycles. The Kier molecular flexibility index (Phi) is 7.77. The molecule has 5 rings (SSSR count). The van der Waals surface area contributed by atoms with Crippen LogP contribution in [0.15, 0.2) is 84.6 Å². The van der Waals surface area contributed by atoms with Crippen molar-refractivity contribution in [2.45, 2.75) is 38.6 Å². The summed E-state index contributed by atoms with van der Waals surface area (Å²) < 4.78 is 19.2. The lowest BCUT2D eigenvalue weighted by Gasteiger charge is -2.25. The summed E-state index contributed by atoms with van der Waals surface area (Å²) in [7, 11) is 0. The van der Waals surface area contributed by atoms with E-state index in [4.69, 9.17) is 4.74 Å². The largest absolute Gasteiger partial charge is 0.507 e. The van der Waals surface area contributed by atoms with E-state index in [2.05, 4.69) is 11.9 Å². The number of nitrogens with one attached hydrogen (secondary N) is 1. The number of carbonyl (C=O) groups is 2. The number of Topliss-reactive ketones (excluding diaryl/α,β-unsaturated/α-hetero) is 1. The van der Waals surface area contributed by atoms with Crippen molar-refractivity contribution in [2.24, 2.45) is 0 Å². The van der Waals surface area contributed by atoms with E-state index in [1.165, 1.54) is 17.0 Å². The molecule has 1 atom stereocenters. The first-order valence-corrected chi connectivity index (χ1v) is 13.3. The van der Waals surface area contributed by atoms with Crippen LogP contribution in [0.1, 0.15) is 48.9 Å². The maximum atomic E-state index is 13.4. The number of halogens is 1. The van der Waals surface area contributed by atoms with E-state index in [1.54, 1.807) is 42.6 Å². The maximum Gasteiger partial charge on any atom is 0.295 e. The van der Waals surface area contributed by atoms with Crippen LogP contribution in [-0.2, 0) is 16.0 Å². The highest BCUT2D eigenvalue weighted by Gasteiger charge is 2.46. The third-order valence-electron chi connectivity index (χ3n) is 7.15. The zero-order valence-electron chi connectivity index (χ0n) is 21.8. The van der Waals surface area contributed by atoms with Gasteiger partial charge in [-0.2, -0.15) is 0 Å². The molecule has 1 amide bonds. The van der Waals surface area contributed by atoms with Crippen LogP contribution in [0.4, 0.5) is 4.39 Å². The molecule has 1 aromatic heterocycles. The van der Waals surface area contributed by atoms with Crippen molar-refractivity contribution in [1.29, 1.82) is 0 Å². The molecule has 0 saturated carbocycles.